The van der Waals surface area contributed by atoms with Gasteiger partial charge in [-0.1, -0.05) is 5.92 Å². The van der Waals surface area contributed by atoms with Crippen LogP contribution in [0.25, 0.3) is 10.9 Å². The molecule has 12 nitrogen and oxygen atoms in total. The second-order valence-corrected chi connectivity index (χ2v) is 10.5. The number of hydrogen-bond acceptors (Lipinski definition) is 8. The molecule has 41 heavy (non-hydrogen) atoms. The Morgan fingerprint density at radius 2 is 2.05 bits per heavy atom. The van der Waals surface area contributed by atoms with Crippen molar-refractivity contribution in [3.63, 3.8) is 0 Å². The van der Waals surface area contributed by atoms with Gasteiger partial charge in [0.2, 0.25) is 5.91 Å². The first-order chi connectivity index (χ1) is 19.5. The summed E-state index contributed by atoms with van der Waals surface area (Å²) in [5.74, 6) is 5.43. The largest absolute Gasteiger partial charge is 0.392 e. The highest BCUT2D eigenvalue weighted by atomic mass is 79.9. The summed E-state index contributed by atoms with van der Waals surface area (Å²) in [5.41, 5.74) is 1.46. The zero-order valence-electron chi connectivity index (χ0n) is 22.6. The molecule has 14 heteroatoms. The third-order valence-electron chi connectivity index (χ3n) is 6.00. The van der Waals surface area contributed by atoms with E-state index in [1.807, 2.05) is 14.1 Å². The smallest absolute Gasteiger partial charge is 0.358 e. The number of carbonyl (C=O) groups is 1. The SMILES string of the molecule is CC#Cc1nc([N+](=O)[O-])c(C[N+](C)(C)C/C=C/C(=O)Nc2cc3c(Nc4ccc(Br)c(F)c4)ncnc3cn2)n1C. The molecule has 0 saturated heterocycles. The number of pyridine rings is 1. The summed E-state index contributed by atoms with van der Waals surface area (Å²) in [6.07, 6.45) is 5.93. The first-order valence-electron chi connectivity index (χ1n) is 12.2. The number of nitro groups is 1. The van der Waals surface area contributed by atoms with Crippen molar-refractivity contribution < 1.29 is 18.6 Å². The summed E-state index contributed by atoms with van der Waals surface area (Å²) in [6.45, 7) is 2.34. The van der Waals surface area contributed by atoms with E-state index in [1.54, 1.807) is 42.8 Å². The molecule has 210 valence electrons. The molecule has 0 unspecified atom stereocenters. The molecule has 0 aliphatic carbocycles. The molecule has 0 bridgehead atoms. The van der Waals surface area contributed by atoms with Gasteiger partial charge in [0, 0.05) is 24.2 Å². The number of anilines is 3. The van der Waals surface area contributed by atoms with Crippen LogP contribution in [-0.2, 0) is 18.4 Å². The fraction of sp³-hybridized carbons (Fsp3) is 0.222. The van der Waals surface area contributed by atoms with E-state index in [0.717, 1.165) is 0 Å². The molecular formula is C27H26BrFN9O3+. The van der Waals surface area contributed by atoms with Crippen molar-refractivity contribution in [3.05, 3.63) is 80.9 Å². The number of carbonyl (C=O) groups excluding carboxylic acids is 1. The Morgan fingerprint density at radius 1 is 1.27 bits per heavy atom. The maximum absolute atomic E-state index is 14.0. The summed E-state index contributed by atoms with van der Waals surface area (Å²) in [4.78, 5) is 40.4. The van der Waals surface area contributed by atoms with E-state index in [0.29, 0.717) is 56.0 Å². The van der Waals surface area contributed by atoms with Crippen molar-refractivity contribution in [2.45, 2.75) is 13.5 Å². The van der Waals surface area contributed by atoms with E-state index in [2.05, 4.69) is 58.3 Å². The number of rotatable bonds is 9. The molecule has 3 aromatic heterocycles. The molecule has 3 heterocycles. The Morgan fingerprint density at radius 3 is 2.76 bits per heavy atom. The van der Waals surface area contributed by atoms with Gasteiger partial charge in [-0.25, -0.2) is 19.3 Å². The van der Waals surface area contributed by atoms with Crippen LogP contribution in [0.3, 0.4) is 0 Å². The number of aromatic nitrogens is 5. The van der Waals surface area contributed by atoms with Crippen molar-refractivity contribution in [3.8, 4) is 11.8 Å². The Bertz CT molecular complexity index is 1740. The minimum absolute atomic E-state index is 0.233. The number of benzene rings is 1. The molecule has 4 rings (SSSR count). The van der Waals surface area contributed by atoms with E-state index in [4.69, 9.17) is 0 Å². The number of hydrogen-bond donors (Lipinski definition) is 2. The van der Waals surface area contributed by atoms with Crippen LogP contribution in [0, 0.1) is 27.8 Å². The lowest BCUT2D eigenvalue weighted by Crippen LogP contribution is -2.39. The molecule has 0 radical (unpaired) electrons. The summed E-state index contributed by atoms with van der Waals surface area (Å²) >= 11 is 3.13. The van der Waals surface area contributed by atoms with Gasteiger partial charge in [-0.3, -0.25) is 9.36 Å². The van der Waals surface area contributed by atoms with Crippen LogP contribution in [0.4, 0.5) is 27.5 Å². The molecule has 0 spiro atoms. The quantitative estimate of drug-likeness (QED) is 0.0916. The Labute approximate surface area is 243 Å². The summed E-state index contributed by atoms with van der Waals surface area (Å²) < 4.78 is 16.2. The van der Waals surface area contributed by atoms with E-state index in [9.17, 15) is 19.3 Å². The molecule has 0 saturated carbocycles. The monoisotopic (exact) mass is 622 g/mol. The first-order valence-corrected chi connectivity index (χ1v) is 13.0. The lowest BCUT2D eigenvalue weighted by Gasteiger charge is -2.28. The summed E-state index contributed by atoms with van der Waals surface area (Å²) in [5, 5.41) is 17.9. The minimum atomic E-state index is -0.515. The number of amides is 1. The maximum atomic E-state index is 14.0. The van der Waals surface area contributed by atoms with E-state index < -0.39 is 16.6 Å². The molecule has 0 atom stereocenters. The predicted octanol–water partition coefficient (Wildman–Crippen LogP) is 4.45. The molecule has 4 aromatic rings. The fourth-order valence-electron chi connectivity index (χ4n) is 3.98. The number of likely N-dealkylation sites (N-methyl/N-ethyl adjacent to an activating group) is 1. The van der Waals surface area contributed by atoms with Gasteiger partial charge >= 0.3 is 5.82 Å². The van der Waals surface area contributed by atoms with Crippen LogP contribution in [0.1, 0.15) is 18.4 Å². The minimum Gasteiger partial charge on any atom is -0.358 e. The molecule has 0 aliphatic heterocycles. The van der Waals surface area contributed by atoms with Crippen LogP contribution in [0.5, 0.6) is 0 Å². The van der Waals surface area contributed by atoms with Crippen molar-refractivity contribution in [2.24, 2.45) is 7.05 Å². The van der Waals surface area contributed by atoms with Crippen molar-refractivity contribution in [2.75, 3.05) is 31.3 Å². The van der Waals surface area contributed by atoms with E-state index in [-0.39, 0.29) is 11.6 Å². The van der Waals surface area contributed by atoms with Gasteiger partial charge in [0.15, 0.2) is 5.69 Å². The Hall–Kier alpha value is -4.74. The van der Waals surface area contributed by atoms with Crippen LogP contribution in [0.15, 0.2) is 53.4 Å². The highest BCUT2D eigenvalue weighted by Crippen LogP contribution is 2.27. The van der Waals surface area contributed by atoms with Crippen LogP contribution >= 0.6 is 15.9 Å². The molecule has 0 aliphatic rings. The van der Waals surface area contributed by atoms with Crippen LogP contribution in [0.2, 0.25) is 0 Å². The van der Waals surface area contributed by atoms with Gasteiger partial charge in [0.05, 0.1) is 36.8 Å². The van der Waals surface area contributed by atoms with E-state index in [1.165, 1.54) is 24.7 Å². The third kappa shape index (κ3) is 7.07. The highest BCUT2D eigenvalue weighted by molar-refractivity contribution is 9.10. The average molecular weight is 623 g/mol. The van der Waals surface area contributed by atoms with E-state index >= 15 is 0 Å². The number of imidazole rings is 1. The number of nitrogens with zero attached hydrogens (tertiary/aromatic N) is 7. The third-order valence-corrected chi connectivity index (χ3v) is 6.65. The first kappa shape index (κ1) is 29.2. The Balaban J connectivity index is 1.45. The molecule has 2 N–H and O–H groups in total. The topological polar surface area (TPSA) is 141 Å². The normalized spacial score (nSPS) is 11.4. The standard InChI is InChI=1S/C27H25BrFN9O3/c1-5-7-24-35-27(37(40)41)22(36(24)2)15-38(3,4)11-6-8-25(39)34-23-13-18-21(14-30-23)31-16-32-26(18)33-17-9-10-19(28)20(29)12-17/h6,8-10,12-14,16H,11,15H2,1-4H3,(H-,30,31,32,33,34,39)/p+1/b8-6+. The van der Waals surface area contributed by atoms with Crippen molar-refractivity contribution >= 4 is 55.9 Å². The molecule has 1 aromatic carbocycles. The zero-order chi connectivity index (χ0) is 29.7. The van der Waals surface area contributed by atoms with Gasteiger partial charge in [-0.15, -0.1) is 0 Å². The van der Waals surface area contributed by atoms with Crippen LogP contribution < -0.4 is 10.6 Å². The van der Waals surface area contributed by atoms with Crippen LogP contribution in [-0.4, -0.2) is 60.5 Å². The lowest BCUT2D eigenvalue weighted by atomic mass is 10.2. The molecule has 1 amide bonds. The number of halogens is 2. The molecular weight excluding hydrogens is 597 g/mol. The summed E-state index contributed by atoms with van der Waals surface area (Å²) in [7, 11) is 5.47. The number of nitrogens with one attached hydrogen (secondary N) is 2. The predicted molar refractivity (Wildman–Crippen MR) is 156 cm³/mol. The molecule has 0 fully saturated rings. The summed E-state index contributed by atoms with van der Waals surface area (Å²) in [6, 6.07) is 6.23. The maximum Gasteiger partial charge on any atom is 0.392 e. The van der Waals surface area contributed by atoms with Crippen molar-refractivity contribution in [1.82, 2.24) is 24.5 Å². The number of quaternary nitrogens is 1. The average Bonchev–Trinajstić information content (AvgIpc) is 3.21. The van der Waals surface area contributed by atoms with Gasteiger partial charge in [-0.2, -0.15) is 0 Å². The second kappa shape index (κ2) is 12.2. The Kier molecular flexibility index (Phi) is 8.70. The second-order valence-electron chi connectivity index (χ2n) is 9.63. The lowest BCUT2D eigenvalue weighted by molar-refractivity contribution is -0.898. The number of fused-ring (bicyclic) bond motifs is 1. The fourth-order valence-corrected chi connectivity index (χ4v) is 4.23. The highest BCUT2D eigenvalue weighted by Gasteiger charge is 2.30. The van der Waals surface area contributed by atoms with Gasteiger partial charge < -0.3 is 25.2 Å². The van der Waals surface area contributed by atoms with Gasteiger partial charge in [-0.05, 0) is 69.0 Å². The zero-order valence-corrected chi connectivity index (χ0v) is 24.2. The van der Waals surface area contributed by atoms with Gasteiger partial charge in [0.25, 0.3) is 5.82 Å². The van der Waals surface area contributed by atoms with Crippen molar-refractivity contribution in [1.29, 1.82) is 0 Å². The van der Waals surface area contributed by atoms with Gasteiger partial charge in [0.1, 0.15) is 30.3 Å².